The van der Waals surface area contributed by atoms with Gasteiger partial charge in [-0.2, -0.15) is 30.9 Å². The Bertz CT molecular complexity index is 1660. The van der Waals surface area contributed by atoms with E-state index in [1.165, 1.54) is 26.2 Å². The van der Waals surface area contributed by atoms with Crippen LogP contribution in [0.4, 0.5) is 18.9 Å². The van der Waals surface area contributed by atoms with Gasteiger partial charge in [-0.05, 0) is 75.4 Å². The Morgan fingerprint density at radius 2 is 1.77 bits per heavy atom. The Balaban J connectivity index is 1.46. The monoisotopic (exact) mass is 714 g/mol. The van der Waals surface area contributed by atoms with Gasteiger partial charge in [0.25, 0.3) is 11.9 Å². The maximum absolute atomic E-state index is 13.0. The van der Waals surface area contributed by atoms with Crippen molar-refractivity contribution >= 4 is 51.3 Å². The van der Waals surface area contributed by atoms with Crippen LogP contribution in [0.5, 0.6) is 0 Å². The molecule has 1 aromatic rings. The number of aliphatic imine (C=N–C) groups is 2. The van der Waals surface area contributed by atoms with Gasteiger partial charge in [0.15, 0.2) is 6.61 Å². The van der Waals surface area contributed by atoms with Crippen LogP contribution in [0.2, 0.25) is 0 Å². The molecule has 2 saturated carbocycles. The van der Waals surface area contributed by atoms with Gasteiger partial charge in [0, 0.05) is 42.5 Å². The molecule has 5 N–H and O–H groups in total. The summed E-state index contributed by atoms with van der Waals surface area (Å²) in [4.78, 5) is 34.3. The van der Waals surface area contributed by atoms with Crippen molar-refractivity contribution in [3.63, 3.8) is 0 Å². The summed E-state index contributed by atoms with van der Waals surface area (Å²) in [6.07, 6.45) is 2.81. The van der Waals surface area contributed by atoms with Crippen molar-refractivity contribution in [2.45, 2.75) is 57.0 Å². The average Bonchev–Trinajstić information content (AvgIpc) is 3.92. The van der Waals surface area contributed by atoms with E-state index in [1.54, 1.807) is 44.2 Å². The molecule has 4 rings (SSSR count). The van der Waals surface area contributed by atoms with Crippen LogP contribution in [-0.4, -0.2) is 81.3 Å². The first-order chi connectivity index (χ1) is 22.3. The first-order valence-corrected chi connectivity index (χ1v) is 16.6. The number of guanidine groups is 1. The number of anilines is 1. The minimum Gasteiger partial charge on any atom is -0.455 e. The number of halogens is 4. The van der Waals surface area contributed by atoms with E-state index in [1.807, 2.05) is 4.72 Å². The van der Waals surface area contributed by atoms with Crippen molar-refractivity contribution in [3.05, 3.63) is 65.2 Å². The van der Waals surface area contributed by atoms with Gasteiger partial charge in [-0.3, -0.25) is 20.2 Å². The van der Waals surface area contributed by atoms with Crippen molar-refractivity contribution in [2.75, 3.05) is 32.6 Å². The molecule has 1 heterocycles. The molecule has 1 unspecified atom stereocenters. The third kappa shape index (κ3) is 9.58. The summed E-state index contributed by atoms with van der Waals surface area (Å²) in [5.41, 5.74) is -0.126. The minimum atomic E-state index is -4.61. The molecule has 2 aliphatic carbocycles. The van der Waals surface area contributed by atoms with Gasteiger partial charge in [0.05, 0.1) is 5.41 Å². The average molecular weight is 715 g/mol. The molecule has 1 atom stereocenters. The highest BCUT2D eigenvalue weighted by atomic mass is 35.5. The van der Waals surface area contributed by atoms with E-state index in [2.05, 4.69) is 37.8 Å². The number of hydrogen-bond donors (Lipinski definition) is 5. The molecule has 18 heteroatoms. The fourth-order valence-corrected chi connectivity index (χ4v) is 5.46. The van der Waals surface area contributed by atoms with Crippen molar-refractivity contribution in [2.24, 2.45) is 15.4 Å². The third-order valence-electron chi connectivity index (χ3n) is 7.77. The van der Waals surface area contributed by atoms with Crippen LogP contribution in [0.25, 0.3) is 0 Å². The van der Waals surface area contributed by atoms with Crippen LogP contribution in [0.1, 0.15) is 49.9 Å². The number of amides is 2. The Morgan fingerprint density at radius 3 is 2.29 bits per heavy atom. The smallest absolute Gasteiger partial charge is 0.422 e. The van der Waals surface area contributed by atoms with Gasteiger partial charge >= 0.3 is 16.4 Å². The van der Waals surface area contributed by atoms with E-state index in [9.17, 15) is 31.2 Å². The maximum atomic E-state index is 13.0. The standard InChI is InChI=1S/C30H38ClF3N8O5S/c1-6-21(10-7-19(2)31)29(15-16-29)41-27(3)38-25(37-26(39-27)47-18-30(32,33)34)36-22-11-8-20(9-12-22)23(43)35-17-28(13-14-28)24(44)40-48(45,46)42(4)5/h6-12,41H,1,13-18H2,2-5H3,(H,35,43)(H,40,44)(H2,36,37,38,39)/b19-7+,21-10+. The Hall–Kier alpha value is -3.93. The number of carbonyl (C=O) groups is 2. The molecule has 1 aromatic carbocycles. The highest BCUT2D eigenvalue weighted by Crippen LogP contribution is 2.46. The van der Waals surface area contributed by atoms with Gasteiger partial charge in [0.1, 0.15) is 0 Å². The van der Waals surface area contributed by atoms with Crippen molar-refractivity contribution in [1.82, 2.24) is 25.0 Å². The van der Waals surface area contributed by atoms with Crippen molar-refractivity contribution in [3.8, 4) is 0 Å². The van der Waals surface area contributed by atoms with Gasteiger partial charge in [-0.1, -0.05) is 30.3 Å². The Morgan fingerprint density at radius 1 is 1.12 bits per heavy atom. The Labute approximate surface area is 282 Å². The predicted molar refractivity (Wildman–Crippen MR) is 176 cm³/mol. The maximum Gasteiger partial charge on any atom is 0.422 e. The van der Waals surface area contributed by atoms with E-state index in [4.69, 9.17) is 16.3 Å². The number of benzene rings is 1. The van der Waals surface area contributed by atoms with Crippen molar-refractivity contribution in [1.29, 1.82) is 0 Å². The SMILES string of the molecule is C=C/C(=C\C=C(/C)Cl)C1(NC2(C)N=C(Nc3ccc(C(=O)NCC4(C(=O)NS(=O)(=O)N(C)C)CC4)cc3)NC(OCC(F)(F)F)=N2)CC1. The zero-order chi connectivity index (χ0) is 35.5. The van der Waals surface area contributed by atoms with Crippen LogP contribution in [0, 0.1) is 5.41 Å². The number of amidine groups is 1. The lowest BCUT2D eigenvalue weighted by Gasteiger charge is -2.33. The van der Waals surface area contributed by atoms with E-state index in [0.29, 0.717) is 36.4 Å². The lowest BCUT2D eigenvalue weighted by Crippen LogP contribution is -2.55. The number of hydrogen-bond acceptors (Lipinski definition) is 10. The molecule has 1 aliphatic heterocycles. The molecule has 262 valence electrons. The zero-order valence-electron chi connectivity index (χ0n) is 26.8. The molecule has 0 aromatic heterocycles. The number of ether oxygens (including phenoxy) is 1. The second-order valence-electron chi connectivity index (χ2n) is 12.1. The number of nitrogens with one attached hydrogen (secondary N) is 5. The second-order valence-corrected chi connectivity index (χ2v) is 14.6. The molecule has 2 amide bonds. The summed E-state index contributed by atoms with van der Waals surface area (Å²) in [6, 6.07) is 5.68. The molecule has 48 heavy (non-hydrogen) atoms. The number of rotatable bonds is 13. The molecule has 2 fully saturated rings. The van der Waals surface area contributed by atoms with Gasteiger partial charge < -0.3 is 15.4 Å². The third-order valence-corrected chi connectivity index (χ3v) is 9.30. The predicted octanol–water partition coefficient (Wildman–Crippen LogP) is 3.48. The highest BCUT2D eigenvalue weighted by Gasteiger charge is 2.52. The molecular formula is C30H38ClF3N8O5S. The largest absolute Gasteiger partial charge is 0.455 e. The lowest BCUT2D eigenvalue weighted by atomic mass is 10.0. The number of allylic oxidation sites excluding steroid dienone is 3. The van der Waals surface area contributed by atoms with E-state index in [0.717, 1.165) is 9.88 Å². The summed E-state index contributed by atoms with van der Waals surface area (Å²) in [6.45, 7) is 5.56. The van der Waals surface area contributed by atoms with E-state index >= 15 is 0 Å². The van der Waals surface area contributed by atoms with Crippen LogP contribution in [0.15, 0.2) is 69.7 Å². The zero-order valence-corrected chi connectivity index (χ0v) is 28.4. The second kappa shape index (κ2) is 13.9. The summed E-state index contributed by atoms with van der Waals surface area (Å²) in [7, 11) is -1.38. The van der Waals surface area contributed by atoms with Crippen LogP contribution in [-0.2, 0) is 19.7 Å². The van der Waals surface area contributed by atoms with Gasteiger partial charge in [-0.15, -0.1) is 0 Å². The van der Waals surface area contributed by atoms with Crippen molar-refractivity contribution < 1.29 is 35.9 Å². The fourth-order valence-electron chi connectivity index (χ4n) is 4.77. The molecule has 0 saturated heterocycles. The van der Waals surface area contributed by atoms with Gasteiger partial charge in [-0.25, -0.2) is 9.71 Å². The number of alkyl halides is 3. The molecule has 3 aliphatic rings. The van der Waals surface area contributed by atoms with Crippen LogP contribution >= 0.6 is 11.6 Å². The lowest BCUT2D eigenvalue weighted by molar-refractivity contribution is -0.156. The quantitative estimate of drug-likeness (QED) is 0.194. The number of nitrogens with zero attached hydrogens (tertiary/aromatic N) is 3. The topological polar surface area (TPSA) is 166 Å². The van der Waals surface area contributed by atoms with Crippen LogP contribution in [0.3, 0.4) is 0 Å². The summed E-state index contributed by atoms with van der Waals surface area (Å²) >= 11 is 5.99. The Kier molecular flexibility index (Phi) is 10.7. The van der Waals surface area contributed by atoms with E-state index < -0.39 is 57.6 Å². The normalized spacial score (nSPS) is 21.7. The molecule has 0 bridgehead atoms. The molecule has 13 nitrogen and oxygen atoms in total. The molecular weight excluding hydrogens is 677 g/mol. The minimum absolute atomic E-state index is 0.0279. The first kappa shape index (κ1) is 36.9. The van der Waals surface area contributed by atoms with E-state index in [-0.39, 0.29) is 18.1 Å². The highest BCUT2D eigenvalue weighted by molar-refractivity contribution is 7.87. The summed E-state index contributed by atoms with van der Waals surface area (Å²) in [5.74, 6) is -2.60. The number of carbonyl (C=O) groups excluding carboxylic acids is 2. The van der Waals surface area contributed by atoms with Gasteiger partial charge in [0.2, 0.25) is 17.7 Å². The molecule has 0 spiro atoms. The summed E-state index contributed by atoms with van der Waals surface area (Å²) < 4.78 is 70.9. The fraction of sp³-hybridized carbons (Fsp3) is 0.467. The molecule has 0 radical (unpaired) electrons. The first-order valence-electron chi connectivity index (χ1n) is 14.8. The van der Waals surface area contributed by atoms with Crippen LogP contribution < -0.4 is 26.0 Å². The summed E-state index contributed by atoms with van der Waals surface area (Å²) in [5, 5.41) is 12.2.